The summed E-state index contributed by atoms with van der Waals surface area (Å²) in [7, 11) is -3.70. The van der Waals surface area contributed by atoms with Crippen LogP contribution < -0.4 is 5.32 Å². The smallest absolute Gasteiger partial charge is 0.311 e. The van der Waals surface area contributed by atoms with Crippen LogP contribution in [-0.2, 0) is 24.3 Å². The molecule has 1 aromatic rings. The molecule has 1 atom stereocenters. The van der Waals surface area contributed by atoms with Gasteiger partial charge in [-0.05, 0) is 38.8 Å². The lowest BCUT2D eigenvalue weighted by molar-refractivity contribution is -0.153. The number of hydrogen-bond acceptors (Lipinski definition) is 6. The van der Waals surface area contributed by atoms with E-state index in [1.807, 2.05) is 18.7 Å². The van der Waals surface area contributed by atoms with Gasteiger partial charge in [-0.2, -0.15) is 8.42 Å². The van der Waals surface area contributed by atoms with Gasteiger partial charge in [-0.25, -0.2) is 0 Å². The minimum atomic E-state index is -3.70. The Morgan fingerprint density at radius 3 is 2.81 bits per heavy atom. The summed E-state index contributed by atoms with van der Waals surface area (Å²) >= 11 is 0. The number of esters is 1. The standard InChI is InChI=1S/C18H23N3O5S/c1-12(2)19-16(22)11-26-18(23)13-6-5-9-21(10-13)17-14-7-3-4-8-15(14)27(24,25)20-17/h3-4,7-8,12-13H,5-6,9-11H2,1-2H3,(H,19,22). The van der Waals surface area contributed by atoms with E-state index in [4.69, 9.17) is 4.74 Å². The van der Waals surface area contributed by atoms with E-state index in [-0.39, 0.29) is 23.5 Å². The molecule has 8 nitrogen and oxygen atoms in total. The highest BCUT2D eigenvalue weighted by Crippen LogP contribution is 2.29. The molecule has 1 amide bonds. The van der Waals surface area contributed by atoms with Crippen molar-refractivity contribution >= 4 is 27.7 Å². The summed E-state index contributed by atoms with van der Waals surface area (Å²) in [5, 5.41) is 2.66. The number of amidine groups is 1. The van der Waals surface area contributed by atoms with Crippen molar-refractivity contribution in [2.45, 2.75) is 37.6 Å². The summed E-state index contributed by atoms with van der Waals surface area (Å²) in [5.41, 5.74) is 0.558. The van der Waals surface area contributed by atoms with Gasteiger partial charge < -0.3 is 15.0 Å². The van der Waals surface area contributed by atoms with E-state index in [9.17, 15) is 18.0 Å². The van der Waals surface area contributed by atoms with Gasteiger partial charge in [-0.1, -0.05) is 12.1 Å². The number of hydrogen-bond donors (Lipinski definition) is 1. The number of amides is 1. The Hall–Kier alpha value is -2.42. The third kappa shape index (κ3) is 4.29. The SMILES string of the molecule is CC(C)NC(=O)COC(=O)C1CCCN(C2=NS(=O)(=O)c3ccccc32)C1. The lowest BCUT2D eigenvalue weighted by Gasteiger charge is -2.32. The number of benzene rings is 1. The molecule has 1 fully saturated rings. The predicted molar refractivity (Wildman–Crippen MR) is 98.7 cm³/mol. The fraction of sp³-hybridized carbons (Fsp3) is 0.500. The number of carbonyl (C=O) groups is 2. The number of carbonyl (C=O) groups excluding carboxylic acids is 2. The first kappa shape index (κ1) is 19.3. The monoisotopic (exact) mass is 393 g/mol. The van der Waals surface area contributed by atoms with E-state index in [0.29, 0.717) is 37.3 Å². The second kappa shape index (κ2) is 7.67. The maximum atomic E-state index is 12.3. The molecule has 0 aliphatic carbocycles. The van der Waals surface area contributed by atoms with E-state index in [1.54, 1.807) is 18.2 Å². The van der Waals surface area contributed by atoms with Crippen molar-refractivity contribution in [1.82, 2.24) is 10.2 Å². The van der Waals surface area contributed by atoms with Crippen molar-refractivity contribution in [2.24, 2.45) is 10.3 Å². The van der Waals surface area contributed by atoms with Crippen LogP contribution in [0.1, 0.15) is 32.3 Å². The highest BCUT2D eigenvalue weighted by Gasteiger charge is 2.35. The molecule has 1 saturated heterocycles. The van der Waals surface area contributed by atoms with Gasteiger partial charge in [0.05, 0.1) is 5.92 Å². The van der Waals surface area contributed by atoms with Crippen LogP contribution in [0.15, 0.2) is 33.6 Å². The molecule has 9 heteroatoms. The van der Waals surface area contributed by atoms with Crippen molar-refractivity contribution in [1.29, 1.82) is 0 Å². The maximum Gasteiger partial charge on any atom is 0.311 e. The van der Waals surface area contributed by atoms with Crippen LogP contribution in [0.25, 0.3) is 0 Å². The largest absolute Gasteiger partial charge is 0.455 e. The zero-order chi connectivity index (χ0) is 19.6. The van der Waals surface area contributed by atoms with Crippen LogP contribution in [0.4, 0.5) is 0 Å². The predicted octanol–water partition coefficient (Wildman–Crippen LogP) is 0.915. The van der Waals surface area contributed by atoms with Gasteiger partial charge >= 0.3 is 5.97 Å². The summed E-state index contributed by atoms with van der Waals surface area (Å²) in [6, 6.07) is 6.65. The Bertz CT molecular complexity index is 879. The molecule has 0 radical (unpaired) electrons. The Labute approximate surface area is 158 Å². The first-order chi connectivity index (χ1) is 12.8. The number of sulfonamides is 1. The normalized spacial score (nSPS) is 20.8. The van der Waals surface area contributed by atoms with E-state index in [2.05, 4.69) is 9.71 Å². The Kier molecular flexibility index (Phi) is 5.50. The average Bonchev–Trinajstić information content (AvgIpc) is 2.91. The van der Waals surface area contributed by atoms with E-state index >= 15 is 0 Å². The topological polar surface area (TPSA) is 105 Å². The van der Waals surface area contributed by atoms with Crippen molar-refractivity contribution in [3.8, 4) is 0 Å². The molecule has 2 aliphatic rings. The van der Waals surface area contributed by atoms with Crippen LogP contribution in [-0.4, -0.2) is 56.8 Å². The van der Waals surface area contributed by atoms with E-state index in [1.165, 1.54) is 6.07 Å². The highest BCUT2D eigenvalue weighted by atomic mass is 32.2. The van der Waals surface area contributed by atoms with Crippen LogP contribution in [0.5, 0.6) is 0 Å². The molecular formula is C18H23N3O5S. The number of rotatable bonds is 4. The Morgan fingerprint density at radius 1 is 1.33 bits per heavy atom. The molecule has 27 heavy (non-hydrogen) atoms. The maximum absolute atomic E-state index is 12.3. The van der Waals surface area contributed by atoms with Gasteiger partial charge in [0.25, 0.3) is 15.9 Å². The van der Waals surface area contributed by atoms with E-state index in [0.717, 1.165) is 0 Å². The molecule has 0 bridgehead atoms. The molecule has 1 N–H and O–H groups in total. The molecule has 0 saturated carbocycles. The van der Waals surface area contributed by atoms with Gasteiger partial charge in [-0.15, -0.1) is 4.40 Å². The van der Waals surface area contributed by atoms with Gasteiger partial charge in [0.2, 0.25) is 0 Å². The van der Waals surface area contributed by atoms with Gasteiger partial charge in [0.1, 0.15) is 4.90 Å². The van der Waals surface area contributed by atoms with Crippen molar-refractivity contribution in [3.63, 3.8) is 0 Å². The summed E-state index contributed by atoms with van der Waals surface area (Å²) in [6.45, 7) is 4.26. The molecule has 146 valence electrons. The minimum Gasteiger partial charge on any atom is -0.455 e. The molecule has 0 aromatic heterocycles. The number of nitrogens with one attached hydrogen (secondary N) is 1. The van der Waals surface area contributed by atoms with Crippen LogP contribution in [0, 0.1) is 5.92 Å². The average molecular weight is 393 g/mol. The lowest BCUT2D eigenvalue weighted by atomic mass is 9.97. The first-order valence-corrected chi connectivity index (χ1v) is 10.4. The second-order valence-corrected chi connectivity index (χ2v) is 8.57. The highest BCUT2D eigenvalue weighted by molar-refractivity contribution is 7.90. The fourth-order valence-corrected chi connectivity index (χ4v) is 4.52. The summed E-state index contributed by atoms with van der Waals surface area (Å²) < 4.78 is 33.5. The van der Waals surface area contributed by atoms with Crippen molar-refractivity contribution in [3.05, 3.63) is 29.8 Å². The molecule has 1 aromatic carbocycles. The third-order valence-electron chi connectivity index (χ3n) is 4.46. The minimum absolute atomic E-state index is 0.0243. The zero-order valence-corrected chi connectivity index (χ0v) is 16.2. The fourth-order valence-electron chi connectivity index (χ4n) is 3.30. The number of fused-ring (bicyclic) bond motifs is 1. The van der Waals surface area contributed by atoms with Crippen molar-refractivity contribution < 1.29 is 22.7 Å². The van der Waals surface area contributed by atoms with Crippen LogP contribution >= 0.6 is 0 Å². The zero-order valence-electron chi connectivity index (χ0n) is 15.3. The number of nitrogens with zero attached hydrogens (tertiary/aromatic N) is 2. The second-order valence-electron chi connectivity index (χ2n) is 7.00. The molecular weight excluding hydrogens is 370 g/mol. The van der Waals surface area contributed by atoms with E-state index < -0.39 is 21.9 Å². The summed E-state index contributed by atoms with van der Waals surface area (Å²) in [5.74, 6) is -0.844. The Balaban J connectivity index is 1.67. The van der Waals surface area contributed by atoms with Crippen molar-refractivity contribution in [2.75, 3.05) is 19.7 Å². The number of ether oxygens (including phenoxy) is 1. The van der Waals surface area contributed by atoms with Gasteiger partial charge in [0.15, 0.2) is 12.4 Å². The molecule has 3 rings (SSSR count). The van der Waals surface area contributed by atoms with Gasteiger partial charge in [-0.3, -0.25) is 9.59 Å². The number of likely N-dealkylation sites (tertiary alicyclic amines) is 1. The third-order valence-corrected chi connectivity index (χ3v) is 5.79. The van der Waals surface area contributed by atoms with Crippen LogP contribution in [0.3, 0.4) is 0 Å². The molecule has 0 spiro atoms. The number of piperidine rings is 1. The van der Waals surface area contributed by atoms with Gasteiger partial charge in [0, 0.05) is 24.7 Å². The molecule has 1 unspecified atom stereocenters. The quantitative estimate of drug-likeness (QED) is 0.763. The Morgan fingerprint density at radius 2 is 2.07 bits per heavy atom. The lowest BCUT2D eigenvalue weighted by Crippen LogP contribution is -2.43. The first-order valence-electron chi connectivity index (χ1n) is 8.93. The van der Waals surface area contributed by atoms with Crippen LogP contribution in [0.2, 0.25) is 0 Å². The summed E-state index contributed by atoms with van der Waals surface area (Å²) in [4.78, 5) is 26.0. The summed E-state index contributed by atoms with van der Waals surface area (Å²) in [6.07, 6.45) is 1.34. The molecule has 2 aliphatic heterocycles. The molecule has 2 heterocycles.